The van der Waals surface area contributed by atoms with Gasteiger partial charge in [0.25, 0.3) is 0 Å². The van der Waals surface area contributed by atoms with Gasteiger partial charge in [-0.25, -0.2) is 0 Å². The number of hydrogen-bond donors (Lipinski definition) is 0. The normalized spacial score (nSPS) is 11.7. The second kappa shape index (κ2) is 7.90. The standard InChI is InChI=1S/C18H17N3S.ClH/c1-14-7-6-8-16(11-14)12-19-20-18-21(15(2)13-22-18)17-9-4-3-5-10-17;/h3-13H,1-2H3;1H. The highest BCUT2D eigenvalue weighted by atomic mass is 35.5. The molecule has 0 fully saturated rings. The summed E-state index contributed by atoms with van der Waals surface area (Å²) in [6.07, 6.45) is 1.79. The van der Waals surface area contributed by atoms with Crippen molar-refractivity contribution in [3.8, 4) is 5.69 Å². The molecule has 0 saturated carbocycles. The highest BCUT2D eigenvalue weighted by molar-refractivity contribution is 7.07. The van der Waals surface area contributed by atoms with Crippen molar-refractivity contribution in [2.45, 2.75) is 13.8 Å². The van der Waals surface area contributed by atoms with Crippen molar-refractivity contribution in [2.75, 3.05) is 0 Å². The van der Waals surface area contributed by atoms with Crippen LogP contribution in [0.2, 0.25) is 0 Å². The fraction of sp³-hybridized carbons (Fsp3) is 0.111. The Morgan fingerprint density at radius 2 is 1.78 bits per heavy atom. The molecular weight excluding hydrogens is 326 g/mol. The molecule has 0 bridgehead atoms. The first-order valence-electron chi connectivity index (χ1n) is 7.10. The number of thiazole rings is 1. The maximum absolute atomic E-state index is 4.38. The van der Waals surface area contributed by atoms with E-state index in [1.54, 1.807) is 17.6 Å². The van der Waals surface area contributed by atoms with Crippen LogP contribution in [0.5, 0.6) is 0 Å². The van der Waals surface area contributed by atoms with E-state index in [1.807, 2.05) is 30.3 Å². The van der Waals surface area contributed by atoms with Crippen LogP contribution in [-0.4, -0.2) is 10.8 Å². The summed E-state index contributed by atoms with van der Waals surface area (Å²) in [5.74, 6) is 0. The number of rotatable bonds is 3. The molecule has 0 unspecified atom stereocenters. The number of halogens is 1. The second-order valence-corrected chi connectivity index (χ2v) is 5.93. The molecule has 0 saturated heterocycles. The van der Waals surface area contributed by atoms with Crippen LogP contribution in [0, 0.1) is 13.8 Å². The molecule has 2 aromatic carbocycles. The minimum Gasteiger partial charge on any atom is -0.288 e. The molecule has 0 aliphatic carbocycles. The van der Waals surface area contributed by atoms with Crippen molar-refractivity contribution in [2.24, 2.45) is 10.2 Å². The van der Waals surface area contributed by atoms with Crippen LogP contribution in [0.4, 0.5) is 0 Å². The number of para-hydroxylation sites is 1. The fourth-order valence-electron chi connectivity index (χ4n) is 2.25. The van der Waals surface area contributed by atoms with E-state index in [0.717, 1.165) is 21.7 Å². The Labute approximate surface area is 146 Å². The monoisotopic (exact) mass is 343 g/mol. The third kappa shape index (κ3) is 4.18. The van der Waals surface area contributed by atoms with Gasteiger partial charge >= 0.3 is 0 Å². The Hall–Kier alpha value is -2.17. The highest BCUT2D eigenvalue weighted by Crippen LogP contribution is 2.10. The number of benzene rings is 2. The second-order valence-electron chi connectivity index (χ2n) is 5.09. The predicted molar refractivity (Wildman–Crippen MR) is 100.0 cm³/mol. The Balaban J connectivity index is 0.00000192. The molecule has 3 nitrogen and oxygen atoms in total. The SMILES string of the molecule is Cc1cccc(C=NN=c2scc(C)n2-c2ccccc2)c1.Cl. The molecule has 3 rings (SSSR count). The predicted octanol–water partition coefficient (Wildman–Crippen LogP) is 4.51. The Kier molecular flexibility index (Phi) is 5.90. The summed E-state index contributed by atoms with van der Waals surface area (Å²) in [6.45, 7) is 4.15. The summed E-state index contributed by atoms with van der Waals surface area (Å²) >= 11 is 1.59. The van der Waals surface area contributed by atoms with Crippen molar-refractivity contribution < 1.29 is 0 Å². The van der Waals surface area contributed by atoms with Crippen molar-refractivity contribution in [1.82, 2.24) is 4.57 Å². The molecule has 0 spiro atoms. The van der Waals surface area contributed by atoms with Crippen LogP contribution < -0.4 is 4.80 Å². The average molecular weight is 344 g/mol. The Morgan fingerprint density at radius 3 is 2.52 bits per heavy atom. The molecule has 0 atom stereocenters. The fourth-order valence-corrected chi connectivity index (χ4v) is 3.08. The first-order chi connectivity index (χ1) is 10.7. The zero-order chi connectivity index (χ0) is 15.4. The van der Waals surface area contributed by atoms with E-state index in [1.165, 1.54) is 5.56 Å². The van der Waals surface area contributed by atoms with Gasteiger partial charge in [0, 0.05) is 16.8 Å². The zero-order valence-corrected chi connectivity index (χ0v) is 14.6. The van der Waals surface area contributed by atoms with E-state index < -0.39 is 0 Å². The molecular formula is C18H18ClN3S. The van der Waals surface area contributed by atoms with E-state index in [2.05, 4.69) is 58.3 Å². The quantitative estimate of drug-likeness (QED) is 0.494. The molecule has 5 heteroatoms. The maximum atomic E-state index is 4.38. The molecule has 0 amide bonds. The van der Waals surface area contributed by atoms with Gasteiger partial charge in [0.15, 0.2) is 0 Å². The molecule has 118 valence electrons. The van der Waals surface area contributed by atoms with E-state index in [-0.39, 0.29) is 12.4 Å². The molecule has 0 aliphatic rings. The molecule has 1 aromatic heterocycles. The number of nitrogens with zero attached hydrogens (tertiary/aromatic N) is 3. The lowest BCUT2D eigenvalue weighted by atomic mass is 10.2. The van der Waals surface area contributed by atoms with Gasteiger partial charge in [-0.2, -0.15) is 5.10 Å². The van der Waals surface area contributed by atoms with Gasteiger partial charge in [-0.15, -0.1) is 28.8 Å². The largest absolute Gasteiger partial charge is 0.288 e. The van der Waals surface area contributed by atoms with Gasteiger partial charge in [0.1, 0.15) is 0 Å². The van der Waals surface area contributed by atoms with Crippen LogP contribution in [0.15, 0.2) is 70.2 Å². The van der Waals surface area contributed by atoms with Crippen molar-refractivity contribution in [1.29, 1.82) is 0 Å². The average Bonchev–Trinajstić information content (AvgIpc) is 2.89. The molecule has 1 heterocycles. The lowest BCUT2D eigenvalue weighted by Crippen LogP contribution is -2.13. The van der Waals surface area contributed by atoms with E-state index in [4.69, 9.17) is 0 Å². The van der Waals surface area contributed by atoms with Crippen molar-refractivity contribution in [3.05, 3.63) is 81.6 Å². The summed E-state index contributed by atoms with van der Waals surface area (Å²) < 4.78 is 2.11. The van der Waals surface area contributed by atoms with Crippen molar-refractivity contribution in [3.63, 3.8) is 0 Å². The van der Waals surface area contributed by atoms with Crippen LogP contribution in [0.3, 0.4) is 0 Å². The van der Waals surface area contributed by atoms with E-state index >= 15 is 0 Å². The third-order valence-corrected chi connectivity index (χ3v) is 4.22. The number of aromatic nitrogens is 1. The van der Waals surface area contributed by atoms with E-state index in [9.17, 15) is 0 Å². The van der Waals surface area contributed by atoms with Crippen LogP contribution in [0.1, 0.15) is 16.8 Å². The van der Waals surface area contributed by atoms with Crippen LogP contribution in [-0.2, 0) is 0 Å². The number of aryl methyl sites for hydroxylation is 2. The number of hydrogen-bond acceptors (Lipinski definition) is 3. The zero-order valence-electron chi connectivity index (χ0n) is 13.0. The molecule has 0 radical (unpaired) electrons. The smallest absolute Gasteiger partial charge is 0.215 e. The van der Waals surface area contributed by atoms with Gasteiger partial charge in [-0.1, -0.05) is 48.0 Å². The lowest BCUT2D eigenvalue weighted by Gasteiger charge is -2.04. The topological polar surface area (TPSA) is 29.6 Å². The minimum atomic E-state index is 0. The Bertz CT molecular complexity index is 863. The molecule has 3 aromatic rings. The first-order valence-corrected chi connectivity index (χ1v) is 7.98. The lowest BCUT2D eigenvalue weighted by molar-refractivity contribution is 0.927. The molecule has 0 aliphatic heterocycles. The molecule has 23 heavy (non-hydrogen) atoms. The summed E-state index contributed by atoms with van der Waals surface area (Å²) in [4.78, 5) is 0.868. The highest BCUT2D eigenvalue weighted by Gasteiger charge is 2.02. The first kappa shape index (κ1) is 17.2. The van der Waals surface area contributed by atoms with Crippen molar-refractivity contribution >= 4 is 30.0 Å². The van der Waals surface area contributed by atoms with Gasteiger partial charge in [0.2, 0.25) is 4.80 Å². The van der Waals surface area contributed by atoms with E-state index in [0.29, 0.717) is 0 Å². The van der Waals surface area contributed by atoms with Gasteiger partial charge in [0.05, 0.1) is 6.21 Å². The maximum Gasteiger partial charge on any atom is 0.215 e. The van der Waals surface area contributed by atoms with Gasteiger partial charge < -0.3 is 0 Å². The summed E-state index contributed by atoms with van der Waals surface area (Å²) in [6, 6.07) is 18.4. The van der Waals surface area contributed by atoms with Crippen LogP contribution in [0.25, 0.3) is 5.69 Å². The summed E-state index contributed by atoms with van der Waals surface area (Å²) in [5, 5.41) is 10.7. The van der Waals surface area contributed by atoms with Gasteiger partial charge in [-0.05, 0) is 31.5 Å². The van der Waals surface area contributed by atoms with Crippen LogP contribution >= 0.6 is 23.7 Å². The van der Waals surface area contributed by atoms with Gasteiger partial charge in [-0.3, -0.25) is 4.57 Å². The Morgan fingerprint density at radius 1 is 1.00 bits per heavy atom. The summed E-state index contributed by atoms with van der Waals surface area (Å²) in [7, 11) is 0. The molecule has 0 N–H and O–H groups in total. The minimum absolute atomic E-state index is 0. The summed E-state index contributed by atoms with van der Waals surface area (Å²) in [5.41, 5.74) is 4.53. The third-order valence-electron chi connectivity index (χ3n) is 3.29.